The van der Waals surface area contributed by atoms with E-state index in [4.69, 9.17) is 0 Å². The van der Waals surface area contributed by atoms with Crippen LogP contribution in [-0.2, 0) is 4.79 Å². The second-order valence-corrected chi connectivity index (χ2v) is 5.31. The van der Waals surface area contributed by atoms with Crippen molar-refractivity contribution < 1.29 is 13.6 Å². The highest BCUT2D eigenvalue weighted by Crippen LogP contribution is 2.25. The molecule has 0 spiro atoms. The van der Waals surface area contributed by atoms with Crippen molar-refractivity contribution in [2.24, 2.45) is 0 Å². The Morgan fingerprint density at radius 1 is 1.45 bits per heavy atom. The summed E-state index contributed by atoms with van der Waals surface area (Å²) in [5.41, 5.74) is 0.295. The van der Waals surface area contributed by atoms with Crippen LogP contribution in [0.2, 0.25) is 0 Å². The van der Waals surface area contributed by atoms with E-state index >= 15 is 0 Å². The van der Waals surface area contributed by atoms with Gasteiger partial charge < -0.3 is 9.80 Å². The van der Waals surface area contributed by atoms with Gasteiger partial charge in [-0.15, -0.1) is 0 Å². The highest BCUT2D eigenvalue weighted by Gasteiger charge is 2.34. The van der Waals surface area contributed by atoms with Gasteiger partial charge in [0.25, 0.3) is 0 Å². The van der Waals surface area contributed by atoms with Crippen molar-refractivity contribution in [1.29, 1.82) is 0 Å². The summed E-state index contributed by atoms with van der Waals surface area (Å²) in [6.45, 7) is 2.64. The first-order chi connectivity index (χ1) is 9.40. The molecule has 2 unspecified atom stereocenters. The Bertz CT molecular complexity index is 507. The van der Waals surface area contributed by atoms with Gasteiger partial charge in [-0.1, -0.05) is 0 Å². The number of nitrogens with zero attached hydrogens (tertiary/aromatic N) is 2. The van der Waals surface area contributed by atoms with Crippen molar-refractivity contribution in [2.75, 3.05) is 27.2 Å². The number of carbonyl (C=O) groups excluding carboxylic acids is 1. The zero-order valence-electron chi connectivity index (χ0n) is 11.9. The maximum absolute atomic E-state index is 13.9. The largest absolute Gasteiger partial charge is 0.320 e. The molecule has 0 aromatic heterocycles. The Morgan fingerprint density at radius 3 is 2.75 bits per heavy atom. The molecule has 6 heteroatoms. The third-order valence-corrected chi connectivity index (χ3v) is 3.68. The van der Waals surface area contributed by atoms with Gasteiger partial charge in [-0.05, 0) is 33.2 Å². The predicted molar refractivity (Wildman–Crippen MR) is 72.0 cm³/mol. The molecule has 2 rings (SSSR count). The normalized spacial score (nSPS) is 20.8. The SMILES string of the molecule is CC(CN1C(=O)CNC1c1ccc(F)cc1F)N(C)C. The molecule has 1 heterocycles. The summed E-state index contributed by atoms with van der Waals surface area (Å²) in [4.78, 5) is 15.5. The molecule has 1 aromatic carbocycles. The van der Waals surface area contributed by atoms with Crippen molar-refractivity contribution in [3.05, 3.63) is 35.4 Å². The molecule has 1 N–H and O–H groups in total. The fraction of sp³-hybridized carbons (Fsp3) is 0.500. The van der Waals surface area contributed by atoms with Gasteiger partial charge in [0.15, 0.2) is 0 Å². The summed E-state index contributed by atoms with van der Waals surface area (Å²) in [6, 6.07) is 3.57. The fourth-order valence-corrected chi connectivity index (χ4v) is 2.20. The van der Waals surface area contributed by atoms with Gasteiger partial charge in [0.1, 0.15) is 17.8 Å². The molecule has 4 nitrogen and oxygen atoms in total. The third kappa shape index (κ3) is 2.96. The fourth-order valence-electron chi connectivity index (χ4n) is 2.20. The molecule has 1 saturated heterocycles. The number of rotatable bonds is 4. The summed E-state index contributed by atoms with van der Waals surface area (Å²) >= 11 is 0. The molecule has 1 aliphatic rings. The van der Waals surface area contributed by atoms with Crippen molar-refractivity contribution in [2.45, 2.75) is 19.1 Å². The van der Waals surface area contributed by atoms with Crippen molar-refractivity contribution >= 4 is 5.91 Å². The molecule has 110 valence electrons. The molecule has 2 atom stereocenters. The van der Waals surface area contributed by atoms with Gasteiger partial charge in [-0.3, -0.25) is 10.1 Å². The van der Waals surface area contributed by atoms with Gasteiger partial charge in [-0.2, -0.15) is 0 Å². The molecule has 1 amide bonds. The van der Waals surface area contributed by atoms with E-state index < -0.39 is 17.8 Å². The Labute approximate surface area is 117 Å². The zero-order chi connectivity index (χ0) is 14.9. The highest BCUT2D eigenvalue weighted by atomic mass is 19.1. The number of amides is 1. The van der Waals surface area contributed by atoms with Gasteiger partial charge in [-0.25, -0.2) is 8.78 Å². The van der Waals surface area contributed by atoms with Crippen LogP contribution >= 0.6 is 0 Å². The lowest BCUT2D eigenvalue weighted by Crippen LogP contribution is -2.41. The lowest BCUT2D eigenvalue weighted by Gasteiger charge is -2.30. The average molecular weight is 283 g/mol. The van der Waals surface area contributed by atoms with E-state index in [0.717, 1.165) is 6.07 Å². The van der Waals surface area contributed by atoms with E-state index in [-0.39, 0.29) is 18.5 Å². The van der Waals surface area contributed by atoms with Crippen LogP contribution in [0.4, 0.5) is 8.78 Å². The van der Waals surface area contributed by atoms with Gasteiger partial charge in [0.2, 0.25) is 5.91 Å². The van der Waals surface area contributed by atoms with Gasteiger partial charge >= 0.3 is 0 Å². The van der Waals surface area contributed by atoms with E-state index in [9.17, 15) is 13.6 Å². The van der Waals surface area contributed by atoms with E-state index in [1.54, 1.807) is 4.90 Å². The van der Waals surface area contributed by atoms with Crippen LogP contribution in [0.15, 0.2) is 18.2 Å². The monoisotopic (exact) mass is 283 g/mol. The van der Waals surface area contributed by atoms with Gasteiger partial charge in [0, 0.05) is 24.2 Å². The summed E-state index contributed by atoms with van der Waals surface area (Å²) in [7, 11) is 3.85. The number of hydrogen-bond donors (Lipinski definition) is 1. The lowest BCUT2D eigenvalue weighted by atomic mass is 10.1. The Morgan fingerprint density at radius 2 is 2.15 bits per heavy atom. The van der Waals surface area contributed by atoms with Crippen LogP contribution in [0, 0.1) is 11.6 Å². The smallest absolute Gasteiger partial charge is 0.238 e. The molecule has 0 aliphatic carbocycles. The lowest BCUT2D eigenvalue weighted by molar-refractivity contribution is -0.128. The highest BCUT2D eigenvalue weighted by molar-refractivity contribution is 5.81. The summed E-state index contributed by atoms with van der Waals surface area (Å²) in [5.74, 6) is -1.34. The summed E-state index contributed by atoms with van der Waals surface area (Å²) in [5, 5.41) is 2.97. The topological polar surface area (TPSA) is 35.6 Å². The quantitative estimate of drug-likeness (QED) is 0.906. The Kier molecular flexibility index (Phi) is 4.35. The molecule has 1 fully saturated rings. The van der Waals surface area contributed by atoms with Crippen LogP contribution in [0.3, 0.4) is 0 Å². The molecule has 1 aliphatic heterocycles. The second-order valence-electron chi connectivity index (χ2n) is 5.31. The van der Waals surface area contributed by atoms with E-state index in [0.29, 0.717) is 12.1 Å². The molecule has 20 heavy (non-hydrogen) atoms. The first-order valence-electron chi connectivity index (χ1n) is 6.54. The summed E-state index contributed by atoms with van der Waals surface area (Å²) < 4.78 is 26.8. The third-order valence-electron chi connectivity index (χ3n) is 3.68. The van der Waals surface area contributed by atoms with Crippen molar-refractivity contribution in [3.63, 3.8) is 0 Å². The minimum absolute atomic E-state index is 0.0765. The Balaban J connectivity index is 2.23. The molecular formula is C14H19F2N3O. The predicted octanol–water partition coefficient (Wildman–Crippen LogP) is 1.35. The molecule has 0 saturated carbocycles. The van der Waals surface area contributed by atoms with Crippen LogP contribution in [0.1, 0.15) is 18.7 Å². The number of nitrogens with one attached hydrogen (secondary N) is 1. The second kappa shape index (κ2) is 5.85. The average Bonchev–Trinajstić information content (AvgIpc) is 2.71. The number of carbonyl (C=O) groups is 1. The van der Waals surface area contributed by atoms with Crippen molar-refractivity contribution in [1.82, 2.24) is 15.1 Å². The number of benzene rings is 1. The molecule has 0 bridgehead atoms. The van der Waals surface area contributed by atoms with Crippen molar-refractivity contribution in [3.8, 4) is 0 Å². The van der Waals surface area contributed by atoms with E-state index in [1.807, 2.05) is 25.9 Å². The molecule has 1 aromatic rings. The zero-order valence-corrected chi connectivity index (χ0v) is 11.9. The number of hydrogen-bond acceptors (Lipinski definition) is 3. The number of halogens is 2. The summed E-state index contributed by atoms with van der Waals surface area (Å²) in [6.07, 6.45) is -0.537. The minimum Gasteiger partial charge on any atom is -0.320 e. The van der Waals surface area contributed by atoms with E-state index in [2.05, 4.69) is 5.32 Å². The van der Waals surface area contributed by atoms with Crippen LogP contribution in [-0.4, -0.2) is 48.9 Å². The van der Waals surface area contributed by atoms with Crippen LogP contribution < -0.4 is 5.32 Å². The maximum atomic E-state index is 13.9. The first kappa shape index (κ1) is 14.9. The standard InChI is InChI=1S/C14H19F2N3O/c1-9(18(2)3)8-19-13(20)7-17-14(19)11-5-4-10(15)6-12(11)16/h4-6,9,14,17H,7-8H2,1-3H3. The molecule has 0 radical (unpaired) electrons. The Hall–Kier alpha value is -1.53. The van der Waals surface area contributed by atoms with Gasteiger partial charge in [0.05, 0.1) is 6.54 Å². The maximum Gasteiger partial charge on any atom is 0.238 e. The minimum atomic E-state index is -0.639. The first-order valence-corrected chi connectivity index (χ1v) is 6.54. The van der Waals surface area contributed by atoms with Crippen LogP contribution in [0.5, 0.6) is 0 Å². The van der Waals surface area contributed by atoms with E-state index in [1.165, 1.54) is 12.1 Å². The number of likely N-dealkylation sites (N-methyl/N-ethyl adjacent to an activating group) is 1. The molecular weight excluding hydrogens is 264 g/mol. The van der Waals surface area contributed by atoms with Crippen LogP contribution in [0.25, 0.3) is 0 Å².